The van der Waals surface area contributed by atoms with Crippen molar-refractivity contribution < 1.29 is 9.84 Å². The first-order valence-electron chi connectivity index (χ1n) is 7.36. The molecule has 1 atom stereocenters. The van der Waals surface area contributed by atoms with Crippen LogP contribution < -0.4 is 10.1 Å². The van der Waals surface area contributed by atoms with Gasteiger partial charge in [0.1, 0.15) is 11.5 Å². The van der Waals surface area contributed by atoms with Crippen LogP contribution in [-0.2, 0) is 6.54 Å². The lowest BCUT2D eigenvalue weighted by Gasteiger charge is -2.23. The third-order valence-corrected chi connectivity index (χ3v) is 4.19. The zero-order valence-electron chi connectivity index (χ0n) is 13.1. The Morgan fingerprint density at radius 3 is 2.41 bits per heavy atom. The van der Waals surface area contributed by atoms with Gasteiger partial charge in [0.25, 0.3) is 0 Å². The summed E-state index contributed by atoms with van der Waals surface area (Å²) in [7, 11) is 1.67. The second-order valence-electron chi connectivity index (χ2n) is 5.65. The first-order valence-corrected chi connectivity index (χ1v) is 8.15. The van der Waals surface area contributed by atoms with Crippen molar-refractivity contribution >= 4 is 15.9 Å². The Morgan fingerprint density at radius 2 is 1.82 bits per heavy atom. The molecule has 2 aromatic rings. The van der Waals surface area contributed by atoms with Gasteiger partial charge in [0.15, 0.2) is 0 Å². The number of rotatable bonds is 6. The third-order valence-electron chi connectivity index (χ3n) is 3.70. The summed E-state index contributed by atoms with van der Waals surface area (Å²) in [5.41, 5.74) is 2.10. The van der Waals surface area contributed by atoms with E-state index in [0.29, 0.717) is 18.2 Å². The molecule has 0 spiro atoms. The number of nitrogens with one attached hydrogen (secondary N) is 1. The van der Waals surface area contributed by atoms with Crippen molar-refractivity contribution in [1.82, 2.24) is 5.32 Å². The number of halogens is 1. The summed E-state index contributed by atoms with van der Waals surface area (Å²) in [4.78, 5) is 0. The zero-order valence-corrected chi connectivity index (χ0v) is 14.7. The summed E-state index contributed by atoms with van der Waals surface area (Å²) in [6.07, 6.45) is 0. The van der Waals surface area contributed by atoms with Crippen LogP contribution in [0.3, 0.4) is 0 Å². The van der Waals surface area contributed by atoms with Gasteiger partial charge in [-0.3, -0.25) is 0 Å². The van der Waals surface area contributed by atoms with Crippen molar-refractivity contribution in [3.63, 3.8) is 0 Å². The van der Waals surface area contributed by atoms with Crippen LogP contribution in [0.1, 0.15) is 31.0 Å². The summed E-state index contributed by atoms with van der Waals surface area (Å²) >= 11 is 3.44. The molecule has 0 aromatic heterocycles. The first-order chi connectivity index (χ1) is 10.5. The number of methoxy groups -OCH3 is 1. The number of benzene rings is 2. The van der Waals surface area contributed by atoms with Gasteiger partial charge in [-0.2, -0.15) is 0 Å². The van der Waals surface area contributed by atoms with Gasteiger partial charge < -0.3 is 15.2 Å². The fraction of sp³-hybridized carbons (Fsp3) is 0.333. The molecular weight excluding hydrogens is 342 g/mol. The van der Waals surface area contributed by atoms with Crippen LogP contribution in [0.15, 0.2) is 46.9 Å². The lowest BCUT2D eigenvalue weighted by Crippen LogP contribution is -2.25. The Labute approximate surface area is 140 Å². The van der Waals surface area contributed by atoms with Gasteiger partial charge in [-0.25, -0.2) is 0 Å². The number of phenols is 1. The molecule has 0 heterocycles. The van der Waals surface area contributed by atoms with Crippen LogP contribution in [0.4, 0.5) is 0 Å². The van der Waals surface area contributed by atoms with Crippen LogP contribution in [0.25, 0.3) is 0 Å². The standard InChI is InChI=1S/C18H22BrNO2/c1-12(2)18(13-4-7-16(22-3)8-5-13)20-11-14-10-15(19)6-9-17(14)21/h4-10,12,18,20-21H,11H2,1-3H3. The Bertz CT molecular complexity index is 611. The van der Waals surface area contributed by atoms with Crippen molar-refractivity contribution in [2.45, 2.75) is 26.4 Å². The topological polar surface area (TPSA) is 41.5 Å². The van der Waals surface area contributed by atoms with E-state index in [-0.39, 0.29) is 6.04 Å². The maximum Gasteiger partial charge on any atom is 0.120 e. The molecule has 4 heteroatoms. The highest BCUT2D eigenvalue weighted by Crippen LogP contribution is 2.26. The van der Waals surface area contributed by atoms with Crippen LogP contribution in [0, 0.1) is 5.92 Å². The van der Waals surface area contributed by atoms with E-state index in [1.54, 1.807) is 13.2 Å². The van der Waals surface area contributed by atoms with Crippen molar-refractivity contribution in [2.75, 3.05) is 7.11 Å². The predicted octanol–water partition coefficient (Wildman–Crippen LogP) is 4.65. The molecule has 1 unspecified atom stereocenters. The van der Waals surface area contributed by atoms with E-state index in [9.17, 15) is 5.11 Å². The fourth-order valence-electron chi connectivity index (χ4n) is 2.47. The summed E-state index contributed by atoms with van der Waals surface area (Å²) in [5, 5.41) is 13.5. The SMILES string of the molecule is COc1ccc(C(NCc2cc(Br)ccc2O)C(C)C)cc1. The zero-order chi connectivity index (χ0) is 16.1. The highest BCUT2D eigenvalue weighted by Gasteiger charge is 2.16. The van der Waals surface area contributed by atoms with Crippen LogP contribution in [0.2, 0.25) is 0 Å². The van der Waals surface area contributed by atoms with Gasteiger partial charge >= 0.3 is 0 Å². The molecular formula is C18H22BrNO2. The maximum atomic E-state index is 9.95. The summed E-state index contributed by atoms with van der Waals surface area (Å²) in [5.74, 6) is 1.60. The van der Waals surface area contributed by atoms with Gasteiger partial charge in [0.05, 0.1) is 7.11 Å². The van der Waals surface area contributed by atoms with Crippen molar-refractivity contribution in [1.29, 1.82) is 0 Å². The summed E-state index contributed by atoms with van der Waals surface area (Å²) in [6, 6.07) is 13.8. The molecule has 0 saturated carbocycles. The monoisotopic (exact) mass is 363 g/mol. The minimum atomic E-state index is 0.212. The Hall–Kier alpha value is -1.52. The molecule has 0 amide bonds. The van der Waals surface area contributed by atoms with Gasteiger partial charge in [0.2, 0.25) is 0 Å². The van der Waals surface area contributed by atoms with Crippen LogP contribution in [0.5, 0.6) is 11.5 Å². The molecule has 0 radical (unpaired) electrons. The lowest BCUT2D eigenvalue weighted by atomic mass is 9.95. The summed E-state index contributed by atoms with van der Waals surface area (Å²) < 4.78 is 6.17. The number of phenolic OH excluding ortho intramolecular Hbond substituents is 1. The average molecular weight is 364 g/mol. The Balaban J connectivity index is 2.13. The molecule has 118 valence electrons. The lowest BCUT2D eigenvalue weighted by molar-refractivity contribution is 0.399. The van der Waals surface area contributed by atoms with Crippen molar-refractivity contribution in [3.8, 4) is 11.5 Å². The quantitative estimate of drug-likeness (QED) is 0.784. The van der Waals surface area contributed by atoms with Gasteiger partial charge in [-0.1, -0.05) is 41.9 Å². The number of ether oxygens (including phenoxy) is 1. The smallest absolute Gasteiger partial charge is 0.120 e. The van der Waals surface area contributed by atoms with Crippen LogP contribution in [-0.4, -0.2) is 12.2 Å². The molecule has 0 bridgehead atoms. The van der Waals surface area contributed by atoms with Gasteiger partial charge in [0, 0.05) is 22.6 Å². The van der Waals surface area contributed by atoms with E-state index in [2.05, 4.69) is 47.2 Å². The number of aromatic hydroxyl groups is 1. The number of hydrogen-bond acceptors (Lipinski definition) is 3. The summed E-state index contributed by atoms with van der Waals surface area (Å²) in [6.45, 7) is 4.98. The molecule has 0 saturated heterocycles. The second kappa shape index (κ2) is 7.65. The molecule has 2 aromatic carbocycles. The van der Waals surface area contributed by atoms with E-state index in [4.69, 9.17) is 4.74 Å². The molecule has 22 heavy (non-hydrogen) atoms. The molecule has 0 aliphatic heterocycles. The van der Waals surface area contributed by atoms with E-state index >= 15 is 0 Å². The average Bonchev–Trinajstić information content (AvgIpc) is 2.51. The minimum absolute atomic E-state index is 0.212. The van der Waals surface area contributed by atoms with E-state index < -0.39 is 0 Å². The van der Waals surface area contributed by atoms with Crippen LogP contribution >= 0.6 is 15.9 Å². The molecule has 2 N–H and O–H groups in total. The fourth-order valence-corrected chi connectivity index (χ4v) is 2.87. The van der Waals surface area contributed by atoms with E-state index in [0.717, 1.165) is 15.8 Å². The first kappa shape index (κ1) is 16.8. The molecule has 0 aliphatic rings. The van der Waals surface area contributed by atoms with Crippen molar-refractivity contribution in [3.05, 3.63) is 58.1 Å². The van der Waals surface area contributed by atoms with Crippen molar-refractivity contribution in [2.24, 2.45) is 5.92 Å². The Kier molecular flexibility index (Phi) is 5.86. The second-order valence-corrected chi connectivity index (χ2v) is 6.56. The number of hydrogen-bond donors (Lipinski definition) is 2. The highest BCUT2D eigenvalue weighted by atomic mass is 79.9. The molecule has 3 nitrogen and oxygen atoms in total. The largest absolute Gasteiger partial charge is 0.508 e. The minimum Gasteiger partial charge on any atom is -0.508 e. The Morgan fingerprint density at radius 1 is 1.14 bits per heavy atom. The van der Waals surface area contributed by atoms with E-state index in [1.165, 1.54) is 5.56 Å². The predicted molar refractivity (Wildman–Crippen MR) is 93.2 cm³/mol. The van der Waals surface area contributed by atoms with Gasteiger partial charge in [-0.05, 0) is 41.8 Å². The normalized spacial score (nSPS) is 12.4. The van der Waals surface area contributed by atoms with E-state index in [1.807, 2.05) is 24.3 Å². The third kappa shape index (κ3) is 4.24. The molecule has 0 aliphatic carbocycles. The molecule has 0 fully saturated rings. The van der Waals surface area contributed by atoms with Gasteiger partial charge in [-0.15, -0.1) is 0 Å². The maximum absolute atomic E-state index is 9.95. The highest BCUT2D eigenvalue weighted by molar-refractivity contribution is 9.10. The molecule has 2 rings (SSSR count).